The molecule has 0 aliphatic rings. The minimum Gasteiger partial charge on any atom is -0.544 e. The summed E-state index contributed by atoms with van der Waals surface area (Å²) in [4.78, 5) is 36.4. The summed E-state index contributed by atoms with van der Waals surface area (Å²) in [6, 6.07) is -0.728. The number of rotatable bonds is 31. The van der Waals surface area contributed by atoms with E-state index in [0.29, 0.717) is 12.8 Å². The number of ether oxygens (including phenoxy) is 3. The Labute approximate surface area is 275 Å². The predicted molar refractivity (Wildman–Crippen MR) is 180 cm³/mol. The molecule has 0 aromatic rings. The second-order valence-corrected chi connectivity index (χ2v) is 13.1. The number of esters is 2. The summed E-state index contributed by atoms with van der Waals surface area (Å²) < 4.78 is 16.9. The molecule has 0 aliphatic heterocycles. The van der Waals surface area contributed by atoms with Gasteiger partial charge in [0.15, 0.2) is 6.10 Å². The zero-order valence-electron chi connectivity index (χ0n) is 29.5. The van der Waals surface area contributed by atoms with Crippen LogP contribution >= 0.6 is 0 Å². The number of hydrogen-bond acceptors (Lipinski definition) is 7. The molecular formula is C37H67NO7. The maximum atomic E-state index is 12.5. The van der Waals surface area contributed by atoms with Crippen molar-refractivity contribution in [1.82, 2.24) is 0 Å². The molecule has 8 nitrogen and oxygen atoms in total. The molecule has 0 rings (SSSR count). The molecule has 0 fully saturated rings. The van der Waals surface area contributed by atoms with Crippen LogP contribution in [0.1, 0.15) is 142 Å². The minimum absolute atomic E-state index is 0.0218. The number of unbranched alkanes of at least 4 members (excludes halogenated alkanes) is 13. The Morgan fingerprint density at radius 2 is 1.16 bits per heavy atom. The molecule has 0 bridgehead atoms. The highest BCUT2D eigenvalue weighted by Crippen LogP contribution is 2.11. The van der Waals surface area contributed by atoms with Crippen molar-refractivity contribution in [2.45, 2.75) is 154 Å². The highest BCUT2D eigenvalue weighted by molar-refractivity contribution is 5.70. The standard InChI is InChI=1S/C37H67NO7/c1-6-8-10-12-14-15-16-17-18-19-20-22-23-25-27-35(39)44-32-33(31-43-30-29-34(37(41)42)38(3,4)5)45-36(40)28-26-24-21-13-11-9-7-2/h18-19,21,24,33-34H,6-17,20,22-23,25-32H2,1-5H3/b19-18+,24-21+. The van der Waals surface area contributed by atoms with E-state index in [1.165, 1.54) is 57.8 Å². The topological polar surface area (TPSA) is 102 Å². The number of carbonyl (C=O) groups is 3. The first-order chi connectivity index (χ1) is 21.6. The van der Waals surface area contributed by atoms with Crippen LogP contribution in [-0.2, 0) is 28.6 Å². The number of allylic oxidation sites excluding steroid dienone is 4. The van der Waals surface area contributed by atoms with Crippen LogP contribution in [0.5, 0.6) is 0 Å². The summed E-state index contributed by atoms with van der Waals surface area (Å²) in [5, 5.41) is 11.5. The predicted octanol–water partition coefficient (Wildman–Crippen LogP) is 7.24. The second kappa shape index (κ2) is 29.2. The van der Waals surface area contributed by atoms with E-state index in [0.717, 1.165) is 44.9 Å². The summed E-state index contributed by atoms with van der Waals surface area (Å²) in [5.74, 6) is -1.83. The molecule has 0 amide bonds. The number of quaternary nitrogens is 1. The van der Waals surface area contributed by atoms with Gasteiger partial charge in [0.2, 0.25) is 0 Å². The van der Waals surface area contributed by atoms with Gasteiger partial charge in [-0.2, -0.15) is 0 Å². The first kappa shape index (κ1) is 42.8. The fourth-order valence-electron chi connectivity index (χ4n) is 4.96. The van der Waals surface area contributed by atoms with Gasteiger partial charge < -0.3 is 28.6 Å². The van der Waals surface area contributed by atoms with Crippen LogP contribution in [0.2, 0.25) is 0 Å². The lowest BCUT2D eigenvalue weighted by atomic mass is 10.1. The highest BCUT2D eigenvalue weighted by atomic mass is 16.6. The third-order valence-electron chi connectivity index (χ3n) is 7.82. The number of aliphatic carboxylic acids is 1. The quantitative estimate of drug-likeness (QED) is 0.0342. The molecule has 45 heavy (non-hydrogen) atoms. The van der Waals surface area contributed by atoms with Crippen molar-refractivity contribution < 1.29 is 38.2 Å². The highest BCUT2D eigenvalue weighted by Gasteiger charge is 2.25. The van der Waals surface area contributed by atoms with Gasteiger partial charge in [0.1, 0.15) is 12.6 Å². The number of carbonyl (C=O) groups excluding carboxylic acids is 3. The lowest BCUT2D eigenvalue weighted by molar-refractivity contribution is -0.889. The van der Waals surface area contributed by atoms with Crippen LogP contribution in [0.15, 0.2) is 24.3 Å². The van der Waals surface area contributed by atoms with E-state index in [2.05, 4.69) is 32.1 Å². The molecule has 262 valence electrons. The third kappa shape index (κ3) is 27.8. The summed E-state index contributed by atoms with van der Waals surface area (Å²) in [7, 11) is 5.37. The maximum Gasteiger partial charge on any atom is 0.306 e. The van der Waals surface area contributed by atoms with Crippen molar-refractivity contribution in [1.29, 1.82) is 0 Å². The van der Waals surface area contributed by atoms with Crippen LogP contribution in [0.4, 0.5) is 0 Å². The molecule has 8 heteroatoms. The normalized spacial score (nSPS) is 13.4. The van der Waals surface area contributed by atoms with Gasteiger partial charge >= 0.3 is 11.9 Å². The number of carboxylic acid groups (broad SMARTS) is 1. The number of likely N-dealkylation sites (N-methyl/N-ethyl adjacent to an activating group) is 1. The molecule has 0 N–H and O–H groups in total. The minimum atomic E-state index is -1.13. The SMILES string of the molecule is CCCCC/C=C/CCC(=O)OC(COCCC(C(=O)[O-])[N+](C)(C)C)COC(=O)CCCCC/C=C/CCCCCCCCC. The average Bonchev–Trinajstić information content (AvgIpc) is 2.98. The smallest absolute Gasteiger partial charge is 0.306 e. The van der Waals surface area contributed by atoms with Gasteiger partial charge in [-0.1, -0.05) is 95.9 Å². The molecule has 0 radical (unpaired) electrons. The van der Waals surface area contributed by atoms with Crippen molar-refractivity contribution in [3.8, 4) is 0 Å². The van der Waals surface area contributed by atoms with E-state index in [4.69, 9.17) is 14.2 Å². The van der Waals surface area contributed by atoms with E-state index in [9.17, 15) is 19.5 Å². The van der Waals surface area contributed by atoms with Crippen molar-refractivity contribution in [3.63, 3.8) is 0 Å². The second-order valence-electron chi connectivity index (χ2n) is 13.1. The maximum absolute atomic E-state index is 12.5. The first-order valence-corrected chi connectivity index (χ1v) is 17.9. The van der Waals surface area contributed by atoms with Crippen LogP contribution in [0.25, 0.3) is 0 Å². The molecule has 0 saturated carbocycles. The Balaban J connectivity index is 4.43. The molecule has 0 aromatic heterocycles. The summed E-state index contributed by atoms with van der Waals surface area (Å²) in [5.41, 5.74) is 0. The number of nitrogens with zero attached hydrogens (tertiary/aromatic N) is 1. The van der Waals surface area contributed by atoms with Crippen LogP contribution in [0.3, 0.4) is 0 Å². The average molecular weight is 638 g/mol. The van der Waals surface area contributed by atoms with E-state index < -0.39 is 18.1 Å². The largest absolute Gasteiger partial charge is 0.544 e. The lowest BCUT2D eigenvalue weighted by Gasteiger charge is -2.34. The zero-order chi connectivity index (χ0) is 33.6. The Morgan fingerprint density at radius 1 is 0.644 bits per heavy atom. The Bertz CT molecular complexity index is 803. The Kier molecular flexibility index (Phi) is 27.8. The molecule has 0 heterocycles. The summed E-state index contributed by atoms with van der Waals surface area (Å²) >= 11 is 0. The van der Waals surface area contributed by atoms with Gasteiger partial charge in [0.05, 0.1) is 40.3 Å². The van der Waals surface area contributed by atoms with Crippen molar-refractivity contribution in [3.05, 3.63) is 24.3 Å². The van der Waals surface area contributed by atoms with E-state index in [-0.39, 0.29) is 49.1 Å². The molecular weight excluding hydrogens is 570 g/mol. The first-order valence-electron chi connectivity index (χ1n) is 17.9. The monoisotopic (exact) mass is 637 g/mol. The Morgan fingerprint density at radius 3 is 1.73 bits per heavy atom. The molecule has 0 spiro atoms. The van der Waals surface area contributed by atoms with E-state index >= 15 is 0 Å². The Hall–Kier alpha value is -2.19. The molecule has 0 aromatic carbocycles. The van der Waals surface area contributed by atoms with Crippen molar-refractivity contribution in [2.75, 3.05) is 41.0 Å². The zero-order valence-corrected chi connectivity index (χ0v) is 29.5. The van der Waals surface area contributed by atoms with E-state index in [1.54, 1.807) is 21.1 Å². The summed E-state index contributed by atoms with van der Waals surface area (Å²) in [6.07, 6.45) is 28.1. The third-order valence-corrected chi connectivity index (χ3v) is 7.82. The van der Waals surface area contributed by atoms with Crippen LogP contribution in [-0.4, -0.2) is 75.5 Å². The van der Waals surface area contributed by atoms with Crippen molar-refractivity contribution >= 4 is 17.9 Å². The molecule has 0 saturated heterocycles. The molecule has 2 atom stereocenters. The van der Waals surface area contributed by atoms with Crippen LogP contribution in [0, 0.1) is 0 Å². The number of carboxylic acids is 1. The van der Waals surface area contributed by atoms with E-state index in [1.807, 2.05) is 6.08 Å². The fraction of sp³-hybridized carbons (Fsp3) is 0.811. The van der Waals surface area contributed by atoms with Gasteiger partial charge in [-0.05, 0) is 51.4 Å². The lowest BCUT2D eigenvalue weighted by Crippen LogP contribution is -2.55. The van der Waals surface area contributed by atoms with Gasteiger partial charge in [-0.15, -0.1) is 0 Å². The van der Waals surface area contributed by atoms with Gasteiger partial charge in [0.25, 0.3) is 0 Å². The van der Waals surface area contributed by atoms with Gasteiger partial charge in [-0.3, -0.25) is 9.59 Å². The van der Waals surface area contributed by atoms with Crippen LogP contribution < -0.4 is 5.11 Å². The van der Waals surface area contributed by atoms with Gasteiger partial charge in [-0.25, -0.2) is 0 Å². The molecule has 2 unspecified atom stereocenters. The number of hydrogen-bond donors (Lipinski definition) is 0. The van der Waals surface area contributed by atoms with Gasteiger partial charge in [0, 0.05) is 19.3 Å². The molecule has 0 aliphatic carbocycles. The summed E-state index contributed by atoms with van der Waals surface area (Å²) in [6.45, 7) is 4.51. The fourth-order valence-corrected chi connectivity index (χ4v) is 4.96. The van der Waals surface area contributed by atoms with Crippen molar-refractivity contribution in [2.24, 2.45) is 0 Å².